The Balaban J connectivity index is 2.60. The zero-order valence-corrected chi connectivity index (χ0v) is 9.13. The first-order valence-corrected chi connectivity index (χ1v) is 5.23. The van der Waals surface area contributed by atoms with Crippen molar-refractivity contribution in [3.63, 3.8) is 0 Å². The van der Waals surface area contributed by atoms with Crippen LogP contribution in [-0.2, 0) is 0 Å². The van der Waals surface area contributed by atoms with Crippen molar-refractivity contribution in [1.29, 1.82) is 0 Å². The van der Waals surface area contributed by atoms with Crippen molar-refractivity contribution in [1.82, 2.24) is 9.38 Å². The molecule has 0 atom stereocenters. The molecule has 2 nitrogen and oxygen atoms in total. The molecular formula is C11H6Cl2N2. The van der Waals surface area contributed by atoms with Crippen molar-refractivity contribution >= 4 is 39.8 Å². The van der Waals surface area contributed by atoms with Gasteiger partial charge in [0.2, 0.25) is 0 Å². The molecule has 0 radical (unpaired) electrons. The highest BCUT2D eigenvalue weighted by Crippen LogP contribution is 2.24. The van der Waals surface area contributed by atoms with Crippen LogP contribution in [0.3, 0.4) is 0 Å². The molecule has 0 aliphatic rings. The zero-order valence-electron chi connectivity index (χ0n) is 7.61. The van der Waals surface area contributed by atoms with Crippen LogP contribution < -0.4 is 0 Å². The quantitative estimate of drug-likeness (QED) is 0.581. The SMILES string of the molecule is Clc1ccc2c(c1)nc(Cl)c1cccn12. The normalized spacial score (nSPS) is 11.3. The molecule has 2 aromatic heterocycles. The van der Waals surface area contributed by atoms with Gasteiger partial charge in [-0.25, -0.2) is 4.98 Å². The Labute approximate surface area is 96.1 Å². The van der Waals surface area contributed by atoms with Crippen LogP contribution in [0, 0.1) is 0 Å². The minimum absolute atomic E-state index is 0.495. The van der Waals surface area contributed by atoms with Gasteiger partial charge >= 0.3 is 0 Å². The lowest BCUT2D eigenvalue weighted by Gasteiger charge is -2.04. The van der Waals surface area contributed by atoms with E-state index in [1.54, 1.807) is 0 Å². The number of halogens is 2. The number of aromatic nitrogens is 2. The first kappa shape index (κ1) is 9.01. The largest absolute Gasteiger partial charge is 0.312 e. The molecule has 0 saturated carbocycles. The van der Waals surface area contributed by atoms with Gasteiger partial charge in [0.1, 0.15) is 0 Å². The zero-order chi connectivity index (χ0) is 10.4. The molecule has 0 spiro atoms. The summed E-state index contributed by atoms with van der Waals surface area (Å²) in [5, 5.41) is 1.16. The summed E-state index contributed by atoms with van der Waals surface area (Å²) in [6.45, 7) is 0. The van der Waals surface area contributed by atoms with E-state index in [1.165, 1.54) is 0 Å². The van der Waals surface area contributed by atoms with E-state index in [-0.39, 0.29) is 0 Å². The number of nitrogens with zero attached hydrogens (tertiary/aromatic N) is 2. The van der Waals surface area contributed by atoms with Crippen LogP contribution in [0.15, 0.2) is 36.5 Å². The summed E-state index contributed by atoms with van der Waals surface area (Å²) >= 11 is 12.0. The molecule has 0 N–H and O–H groups in total. The van der Waals surface area contributed by atoms with Gasteiger partial charge in [0, 0.05) is 11.2 Å². The van der Waals surface area contributed by atoms with Crippen molar-refractivity contribution in [2.24, 2.45) is 0 Å². The van der Waals surface area contributed by atoms with Crippen molar-refractivity contribution in [3.05, 3.63) is 46.7 Å². The molecule has 15 heavy (non-hydrogen) atoms. The van der Waals surface area contributed by atoms with Gasteiger partial charge in [0.15, 0.2) is 5.15 Å². The maximum absolute atomic E-state index is 6.05. The second kappa shape index (κ2) is 3.12. The van der Waals surface area contributed by atoms with Crippen LogP contribution in [0.25, 0.3) is 16.6 Å². The lowest BCUT2D eigenvalue weighted by atomic mass is 10.3. The maximum Gasteiger partial charge on any atom is 0.153 e. The molecule has 4 heteroatoms. The monoisotopic (exact) mass is 236 g/mol. The second-order valence-electron chi connectivity index (χ2n) is 3.30. The van der Waals surface area contributed by atoms with Gasteiger partial charge in [0.05, 0.1) is 16.6 Å². The topological polar surface area (TPSA) is 17.3 Å². The third kappa shape index (κ3) is 1.29. The smallest absolute Gasteiger partial charge is 0.153 e. The van der Waals surface area contributed by atoms with Gasteiger partial charge in [-0.2, -0.15) is 0 Å². The molecule has 3 aromatic rings. The van der Waals surface area contributed by atoms with E-state index in [1.807, 2.05) is 40.9 Å². The Morgan fingerprint density at radius 3 is 2.80 bits per heavy atom. The maximum atomic E-state index is 6.05. The minimum Gasteiger partial charge on any atom is -0.312 e. The lowest BCUT2D eigenvalue weighted by molar-refractivity contribution is 1.23. The summed E-state index contributed by atoms with van der Waals surface area (Å²) in [6.07, 6.45) is 1.96. The van der Waals surface area contributed by atoms with Crippen LogP contribution in [0.1, 0.15) is 0 Å². The Kier molecular flexibility index (Phi) is 1.87. The summed E-state index contributed by atoms with van der Waals surface area (Å²) in [6, 6.07) is 9.47. The van der Waals surface area contributed by atoms with Crippen molar-refractivity contribution in [3.8, 4) is 0 Å². The Morgan fingerprint density at radius 2 is 1.93 bits per heavy atom. The van der Waals surface area contributed by atoms with E-state index in [4.69, 9.17) is 23.2 Å². The molecular weight excluding hydrogens is 231 g/mol. The van der Waals surface area contributed by atoms with E-state index in [0.29, 0.717) is 10.2 Å². The molecule has 0 bridgehead atoms. The first-order chi connectivity index (χ1) is 7.25. The number of hydrogen-bond acceptors (Lipinski definition) is 1. The Morgan fingerprint density at radius 1 is 1.07 bits per heavy atom. The van der Waals surface area contributed by atoms with Gasteiger partial charge in [-0.05, 0) is 30.3 Å². The third-order valence-electron chi connectivity index (χ3n) is 2.38. The summed E-state index contributed by atoms with van der Waals surface area (Å²) in [5.74, 6) is 0. The highest BCUT2D eigenvalue weighted by atomic mass is 35.5. The predicted molar refractivity (Wildman–Crippen MR) is 62.7 cm³/mol. The molecule has 2 heterocycles. The highest BCUT2D eigenvalue weighted by Gasteiger charge is 2.05. The van der Waals surface area contributed by atoms with Crippen LogP contribution in [0.5, 0.6) is 0 Å². The summed E-state index contributed by atoms with van der Waals surface area (Å²) in [5.41, 5.74) is 2.71. The molecule has 0 unspecified atom stereocenters. The number of benzene rings is 1. The average molecular weight is 237 g/mol. The molecule has 3 rings (SSSR count). The van der Waals surface area contributed by atoms with Crippen molar-refractivity contribution in [2.75, 3.05) is 0 Å². The molecule has 1 aromatic carbocycles. The Hall–Kier alpha value is -1.25. The van der Waals surface area contributed by atoms with E-state index < -0.39 is 0 Å². The molecule has 0 fully saturated rings. The van der Waals surface area contributed by atoms with Crippen molar-refractivity contribution < 1.29 is 0 Å². The average Bonchev–Trinajstić information content (AvgIpc) is 2.66. The number of hydrogen-bond donors (Lipinski definition) is 0. The third-order valence-corrected chi connectivity index (χ3v) is 2.89. The van der Waals surface area contributed by atoms with Crippen LogP contribution >= 0.6 is 23.2 Å². The highest BCUT2D eigenvalue weighted by molar-refractivity contribution is 6.33. The fourth-order valence-electron chi connectivity index (χ4n) is 1.71. The van der Waals surface area contributed by atoms with Crippen molar-refractivity contribution in [2.45, 2.75) is 0 Å². The number of fused-ring (bicyclic) bond motifs is 3. The van der Waals surface area contributed by atoms with Gasteiger partial charge in [-0.3, -0.25) is 0 Å². The van der Waals surface area contributed by atoms with Crippen LogP contribution in [-0.4, -0.2) is 9.38 Å². The van der Waals surface area contributed by atoms with E-state index >= 15 is 0 Å². The summed E-state index contributed by atoms with van der Waals surface area (Å²) in [4.78, 5) is 4.30. The number of rotatable bonds is 0. The van der Waals surface area contributed by atoms with Gasteiger partial charge in [0.25, 0.3) is 0 Å². The predicted octanol–water partition coefficient (Wildman–Crippen LogP) is 3.79. The standard InChI is InChI=1S/C11H6Cl2N2/c12-7-3-4-9-8(6-7)14-11(13)10-2-1-5-15(9)10/h1-6H. The van der Waals surface area contributed by atoms with E-state index in [2.05, 4.69) is 4.98 Å². The Bertz CT molecular complexity index is 658. The summed E-state index contributed by atoms with van der Waals surface area (Å²) < 4.78 is 2.00. The van der Waals surface area contributed by atoms with Crippen LogP contribution in [0.2, 0.25) is 10.2 Å². The molecule has 0 amide bonds. The minimum atomic E-state index is 0.495. The second-order valence-corrected chi connectivity index (χ2v) is 4.09. The first-order valence-electron chi connectivity index (χ1n) is 4.47. The van der Waals surface area contributed by atoms with Gasteiger partial charge in [-0.15, -0.1) is 0 Å². The molecule has 0 saturated heterocycles. The molecule has 74 valence electrons. The summed E-state index contributed by atoms with van der Waals surface area (Å²) in [7, 11) is 0. The lowest BCUT2D eigenvalue weighted by Crippen LogP contribution is -1.90. The fraction of sp³-hybridized carbons (Fsp3) is 0. The van der Waals surface area contributed by atoms with Gasteiger partial charge in [-0.1, -0.05) is 23.2 Å². The van der Waals surface area contributed by atoms with Gasteiger partial charge < -0.3 is 4.40 Å². The van der Waals surface area contributed by atoms with E-state index in [0.717, 1.165) is 16.6 Å². The van der Waals surface area contributed by atoms with Crippen LogP contribution in [0.4, 0.5) is 0 Å². The van der Waals surface area contributed by atoms with E-state index in [9.17, 15) is 0 Å². The fourth-order valence-corrected chi connectivity index (χ4v) is 2.12. The molecule has 0 aliphatic heterocycles. The molecule has 0 aliphatic carbocycles.